The van der Waals surface area contributed by atoms with Gasteiger partial charge < -0.3 is 9.47 Å². The highest BCUT2D eigenvalue weighted by atomic mass is 16.6. The van der Waals surface area contributed by atoms with E-state index in [1.807, 2.05) is 115 Å². The maximum atomic E-state index is 15.1. The molecule has 0 saturated heterocycles. The van der Waals surface area contributed by atoms with E-state index in [2.05, 4.69) is 0 Å². The zero-order valence-corrected chi connectivity index (χ0v) is 19.5. The molecule has 0 aromatic heterocycles. The first-order valence-corrected chi connectivity index (χ1v) is 11.8. The second-order valence-electron chi connectivity index (χ2n) is 8.50. The monoisotopic (exact) mass is 462 g/mol. The van der Waals surface area contributed by atoms with Gasteiger partial charge in [0.25, 0.3) is 0 Å². The lowest BCUT2D eigenvalue weighted by atomic mass is 9.68. The largest absolute Gasteiger partial charge is 0.464 e. The average Bonchev–Trinajstić information content (AvgIpc) is 3.15. The van der Waals surface area contributed by atoms with Gasteiger partial charge >= 0.3 is 5.97 Å². The topological polar surface area (TPSA) is 52.6 Å². The van der Waals surface area contributed by atoms with Crippen molar-refractivity contribution >= 4 is 11.8 Å². The van der Waals surface area contributed by atoms with E-state index in [-0.39, 0.29) is 19.0 Å². The Labute approximate surface area is 205 Å². The van der Waals surface area contributed by atoms with Gasteiger partial charge in [-0.1, -0.05) is 115 Å². The lowest BCUT2D eigenvalue weighted by Crippen LogP contribution is -2.46. The van der Waals surface area contributed by atoms with E-state index in [4.69, 9.17) is 9.47 Å². The lowest BCUT2D eigenvalue weighted by molar-refractivity contribution is -0.158. The Morgan fingerprint density at radius 2 is 1.11 bits per heavy atom. The van der Waals surface area contributed by atoms with Gasteiger partial charge in [0, 0.05) is 5.56 Å². The van der Waals surface area contributed by atoms with E-state index in [0.29, 0.717) is 5.56 Å². The molecule has 5 rings (SSSR count). The van der Waals surface area contributed by atoms with Crippen LogP contribution in [0.3, 0.4) is 0 Å². The van der Waals surface area contributed by atoms with Gasteiger partial charge in [0.1, 0.15) is 12.0 Å². The van der Waals surface area contributed by atoms with Gasteiger partial charge in [-0.25, -0.2) is 4.79 Å². The molecule has 0 bridgehead atoms. The Hall–Kier alpha value is -4.02. The maximum Gasteiger partial charge on any atom is 0.332 e. The molecule has 1 aliphatic carbocycles. The van der Waals surface area contributed by atoms with Crippen molar-refractivity contribution in [2.75, 3.05) is 13.2 Å². The smallest absolute Gasteiger partial charge is 0.332 e. The summed E-state index contributed by atoms with van der Waals surface area (Å²) in [6.45, 7) is 1.64. The molecule has 35 heavy (non-hydrogen) atoms. The van der Waals surface area contributed by atoms with Crippen LogP contribution < -0.4 is 0 Å². The Morgan fingerprint density at radius 3 is 1.63 bits per heavy atom. The van der Waals surface area contributed by atoms with Crippen molar-refractivity contribution in [3.05, 3.63) is 143 Å². The minimum absolute atomic E-state index is 0.154. The molecule has 4 aromatic carbocycles. The quantitative estimate of drug-likeness (QED) is 0.344. The normalized spacial score (nSPS) is 18.1. The fourth-order valence-electron chi connectivity index (χ4n) is 5.30. The van der Waals surface area contributed by atoms with Crippen LogP contribution in [0.5, 0.6) is 0 Å². The zero-order chi connectivity index (χ0) is 24.3. The average molecular weight is 463 g/mol. The van der Waals surface area contributed by atoms with Crippen LogP contribution in [0.25, 0.3) is 0 Å². The Balaban J connectivity index is 1.84. The molecule has 4 aromatic rings. The van der Waals surface area contributed by atoms with Crippen molar-refractivity contribution in [2.24, 2.45) is 0 Å². The van der Waals surface area contributed by atoms with Crippen molar-refractivity contribution in [3.8, 4) is 0 Å². The maximum absolute atomic E-state index is 15.1. The van der Waals surface area contributed by atoms with Gasteiger partial charge in [-0.05, 0) is 29.2 Å². The molecule has 0 saturated carbocycles. The van der Waals surface area contributed by atoms with Gasteiger partial charge in [-0.2, -0.15) is 0 Å². The van der Waals surface area contributed by atoms with Crippen LogP contribution in [0.2, 0.25) is 0 Å². The Bertz CT molecular complexity index is 1290. The summed E-state index contributed by atoms with van der Waals surface area (Å²) < 4.78 is 11.6. The highest BCUT2D eigenvalue weighted by Crippen LogP contribution is 2.56. The summed E-state index contributed by atoms with van der Waals surface area (Å²) in [4.78, 5) is 27.5. The number of hydrogen-bond acceptors (Lipinski definition) is 4. The summed E-state index contributed by atoms with van der Waals surface area (Å²) in [5, 5.41) is 0. The van der Waals surface area contributed by atoms with E-state index < -0.39 is 17.0 Å². The van der Waals surface area contributed by atoms with Crippen molar-refractivity contribution in [2.45, 2.75) is 17.9 Å². The fraction of sp³-hybridized carbons (Fsp3) is 0.161. The summed E-state index contributed by atoms with van der Waals surface area (Å²) >= 11 is 0. The fourth-order valence-corrected chi connectivity index (χ4v) is 5.30. The minimum atomic E-state index is -1.49. The first kappa shape index (κ1) is 22.8. The molecule has 0 aliphatic heterocycles. The standard InChI is InChI=1S/C31H26O4/c1-2-34-28(32)22-35-31(25-18-10-5-11-19-25)27-21-13-12-20-26(27)30(29(31)33,23-14-6-3-7-15-23)24-16-8-4-9-17-24/h3-21H,2,22H2,1H3. The number of carbonyl (C=O) groups is 2. The third kappa shape index (κ3) is 3.49. The van der Waals surface area contributed by atoms with Crippen LogP contribution in [-0.4, -0.2) is 25.0 Å². The number of esters is 1. The number of fused-ring (bicyclic) bond motifs is 1. The minimum Gasteiger partial charge on any atom is -0.464 e. The van der Waals surface area contributed by atoms with Crippen molar-refractivity contribution in [3.63, 3.8) is 0 Å². The number of ether oxygens (including phenoxy) is 2. The van der Waals surface area contributed by atoms with Crippen LogP contribution in [-0.2, 0) is 30.1 Å². The molecule has 0 radical (unpaired) electrons. The summed E-state index contributed by atoms with van der Waals surface area (Å²) in [7, 11) is 0. The van der Waals surface area contributed by atoms with E-state index in [0.717, 1.165) is 22.3 Å². The molecule has 1 aliphatic rings. The Morgan fingerprint density at radius 1 is 0.657 bits per heavy atom. The van der Waals surface area contributed by atoms with Gasteiger partial charge in [-0.3, -0.25) is 4.79 Å². The number of hydrogen-bond donors (Lipinski definition) is 0. The van der Waals surface area contributed by atoms with E-state index >= 15 is 4.79 Å². The van der Waals surface area contributed by atoms with Crippen LogP contribution in [0.1, 0.15) is 34.7 Å². The van der Waals surface area contributed by atoms with Crippen LogP contribution in [0, 0.1) is 0 Å². The molecule has 0 fully saturated rings. The van der Waals surface area contributed by atoms with Gasteiger partial charge in [0.15, 0.2) is 11.4 Å². The zero-order valence-electron chi connectivity index (χ0n) is 19.5. The number of ketones is 1. The SMILES string of the molecule is CCOC(=O)COC1(c2ccccc2)C(=O)C(c2ccccc2)(c2ccccc2)c2ccccc21. The van der Waals surface area contributed by atoms with E-state index in [1.165, 1.54) is 0 Å². The summed E-state index contributed by atoms with van der Waals surface area (Å²) in [6.07, 6.45) is 0. The molecule has 0 spiro atoms. The molecule has 0 amide bonds. The molecule has 174 valence electrons. The lowest BCUT2D eigenvalue weighted by Gasteiger charge is -2.34. The number of Topliss-reactive ketones (excluding diaryl/α,β-unsaturated/α-hetero) is 1. The number of benzene rings is 4. The molecule has 1 unspecified atom stereocenters. The van der Waals surface area contributed by atoms with E-state index in [9.17, 15) is 4.79 Å². The predicted molar refractivity (Wildman–Crippen MR) is 134 cm³/mol. The summed E-state index contributed by atoms with van der Waals surface area (Å²) in [6, 6.07) is 36.8. The third-order valence-corrected chi connectivity index (χ3v) is 6.68. The predicted octanol–water partition coefficient (Wildman–Crippen LogP) is 5.43. The van der Waals surface area contributed by atoms with Gasteiger partial charge in [-0.15, -0.1) is 0 Å². The first-order valence-electron chi connectivity index (χ1n) is 11.8. The summed E-state index contributed by atoms with van der Waals surface area (Å²) in [5.41, 5.74) is 1.33. The molecular formula is C31H26O4. The molecular weight excluding hydrogens is 436 g/mol. The number of rotatable bonds is 7. The van der Waals surface area contributed by atoms with Gasteiger partial charge in [0.2, 0.25) is 0 Å². The molecule has 0 N–H and O–H groups in total. The van der Waals surface area contributed by atoms with Gasteiger partial charge in [0.05, 0.1) is 6.61 Å². The second kappa shape index (κ2) is 9.32. The van der Waals surface area contributed by atoms with E-state index in [1.54, 1.807) is 6.92 Å². The van der Waals surface area contributed by atoms with Crippen LogP contribution >= 0.6 is 0 Å². The highest BCUT2D eigenvalue weighted by Gasteiger charge is 2.63. The number of carbonyl (C=O) groups excluding carboxylic acids is 2. The second-order valence-corrected chi connectivity index (χ2v) is 8.50. The summed E-state index contributed by atoms with van der Waals surface area (Å²) in [5.74, 6) is -0.663. The Kier molecular flexibility index (Phi) is 6.06. The molecule has 0 heterocycles. The molecule has 4 nitrogen and oxygen atoms in total. The van der Waals surface area contributed by atoms with Crippen molar-refractivity contribution < 1.29 is 19.1 Å². The third-order valence-electron chi connectivity index (χ3n) is 6.68. The molecule has 4 heteroatoms. The van der Waals surface area contributed by atoms with Crippen molar-refractivity contribution in [1.29, 1.82) is 0 Å². The van der Waals surface area contributed by atoms with Crippen molar-refractivity contribution in [1.82, 2.24) is 0 Å². The van der Waals surface area contributed by atoms with Crippen LogP contribution in [0.15, 0.2) is 115 Å². The molecule has 1 atom stereocenters. The first-order chi connectivity index (χ1) is 17.2. The highest BCUT2D eigenvalue weighted by molar-refractivity contribution is 6.10. The van der Waals surface area contributed by atoms with Crippen LogP contribution in [0.4, 0.5) is 0 Å².